The Morgan fingerprint density at radius 1 is 1.15 bits per heavy atom. The Balaban J connectivity index is 1.96. The normalized spacial score (nSPS) is 32.6. The van der Waals surface area contributed by atoms with Gasteiger partial charge in [0, 0.05) is 38.3 Å². The predicted octanol–water partition coefficient (Wildman–Crippen LogP) is -0.318. The Labute approximate surface area is 116 Å². The number of piperazine rings is 1. The van der Waals surface area contributed by atoms with Crippen LogP contribution in [0.5, 0.6) is 0 Å². The van der Waals surface area contributed by atoms with Crippen LogP contribution >= 0.6 is 0 Å². The molecule has 0 aromatic rings. The van der Waals surface area contributed by atoms with Gasteiger partial charge in [0.25, 0.3) is 0 Å². The molecule has 0 spiro atoms. The van der Waals surface area contributed by atoms with Gasteiger partial charge in [0.15, 0.2) is 9.84 Å². The highest BCUT2D eigenvalue weighted by molar-refractivity contribution is 7.91. The Morgan fingerprint density at radius 2 is 1.75 bits per heavy atom. The van der Waals surface area contributed by atoms with Crippen molar-refractivity contribution in [1.82, 2.24) is 9.80 Å². The molecule has 118 valence electrons. The van der Waals surface area contributed by atoms with Gasteiger partial charge < -0.3 is 5.73 Å². The third-order valence-corrected chi connectivity index (χ3v) is 6.00. The first-order chi connectivity index (χ1) is 9.16. The minimum absolute atomic E-state index is 0.0236. The highest BCUT2D eigenvalue weighted by Gasteiger charge is 2.46. The number of rotatable bonds is 3. The largest absolute Gasteiger partial charge is 0.401 e. The molecular formula is C11H20F3N3O2S. The maximum absolute atomic E-state index is 12.3. The number of hydrogen-bond donors (Lipinski definition) is 1. The lowest BCUT2D eigenvalue weighted by Gasteiger charge is -2.44. The molecule has 1 atom stereocenters. The fourth-order valence-electron chi connectivity index (χ4n) is 3.07. The zero-order valence-electron chi connectivity index (χ0n) is 11.2. The van der Waals surface area contributed by atoms with Gasteiger partial charge in [-0.3, -0.25) is 9.80 Å². The second kappa shape index (κ2) is 5.43. The van der Waals surface area contributed by atoms with Crippen molar-refractivity contribution in [3.05, 3.63) is 0 Å². The standard InChI is InChI=1S/C11H20F3N3O2S/c12-11(13,14)8-16-2-4-17(5-3-16)10(7-15)1-6-20(18,19)9-10/h1-9,15H2. The van der Waals surface area contributed by atoms with Crippen molar-refractivity contribution in [2.45, 2.75) is 18.1 Å². The summed E-state index contributed by atoms with van der Waals surface area (Å²) in [6, 6.07) is 0. The van der Waals surface area contributed by atoms with Crippen molar-refractivity contribution in [3.8, 4) is 0 Å². The van der Waals surface area contributed by atoms with Crippen molar-refractivity contribution in [3.63, 3.8) is 0 Å². The molecule has 2 fully saturated rings. The molecule has 2 N–H and O–H groups in total. The van der Waals surface area contributed by atoms with Crippen molar-refractivity contribution in [2.75, 3.05) is 50.8 Å². The monoisotopic (exact) mass is 315 g/mol. The second-order valence-corrected chi connectivity index (χ2v) is 7.83. The SMILES string of the molecule is NCC1(N2CCN(CC(F)(F)F)CC2)CCS(=O)(=O)C1. The van der Waals surface area contributed by atoms with Crippen molar-refractivity contribution >= 4 is 9.84 Å². The topological polar surface area (TPSA) is 66.6 Å². The molecule has 9 heteroatoms. The van der Waals surface area contributed by atoms with Crippen LogP contribution in [0.4, 0.5) is 13.2 Å². The van der Waals surface area contributed by atoms with Crippen molar-refractivity contribution in [1.29, 1.82) is 0 Å². The Kier molecular flexibility index (Phi) is 4.35. The molecule has 0 amide bonds. The number of hydrogen-bond acceptors (Lipinski definition) is 5. The Bertz CT molecular complexity index is 446. The van der Waals surface area contributed by atoms with Crippen LogP contribution < -0.4 is 5.73 Å². The van der Waals surface area contributed by atoms with E-state index in [1.807, 2.05) is 4.90 Å². The summed E-state index contributed by atoms with van der Waals surface area (Å²) < 4.78 is 60.3. The van der Waals surface area contributed by atoms with E-state index in [-0.39, 0.29) is 18.1 Å². The molecule has 2 heterocycles. The summed E-state index contributed by atoms with van der Waals surface area (Å²) in [7, 11) is -3.07. The lowest BCUT2D eigenvalue weighted by molar-refractivity contribution is -0.150. The van der Waals surface area contributed by atoms with Gasteiger partial charge in [0.1, 0.15) is 0 Å². The summed E-state index contributed by atoms with van der Waals surface area (Å²) in [6.45, 7) is 0.772. The molecule has 0 aromatic carbocycles. The van der Waals surface area contributed by atoms with Crippen molar-refractivity contribution < 1.29 is 21.6 Å². The minimum Gasteiger partial charge on any atom is -0.329 e. The molecule has 5 nitrogen and oxygen atoms in total. The molecule has 2 saturated heterocycles. The molecule has 0 saturated carbocycles. The third-order valence-electron chi connectivity index (χ3n) is 4.19. The van der Waals surface area contributed by atoms with Gasteiger partial charge in [-0.15, -0.1) is 0 Å². The number of halogens is 3. The molecular weight excluding hydrogens is 295 g/mol. The smallest absolute Gasteiger partial charge is 0.329 e. The molecule has 2 aliphatic heterocycles. The summed E-state index contributed by atoms with van der Waals surface area (Å²) in [5.74, 6) is 0.142. The Hall–Kier alpha value is -0.380. The van der Waals surface area contributed by atoms with E-state index in [1.165, 1.54) is 4.90 Å². The summed E-state index contributed by atoms with van der Waals surface area (Å²) in [4.78, 5) is 3.31. The fraction of sp³-hybridized carbons (Fsp3) is 1.00. The van der Waals surface area contributed by atoms with Crippen LogP contribution in [0.1, 0.15) is 6.42 Å². The van der Waals surface area contributed by atoms with Crippen LogP contribution in [-0.4, -0.2) is 80.7 Å². The molecule has 0 aromatic heterocycles. The first-order valence-corrected chi connectivity index (χ1v) is 8.43. The van der Waals surface area contributed by atoms with Crippen LogP contribution in [0.2, 0.25) is 0 Å². The number of sulfone groups is 1. The van der Waals surface area contributed by atoms with Crippen LogP contribution in [-0.2, 0) is 9.84 Å². The Morgan fingerprint density at radius 3 is 2.15 bits per heavy atom. The lowest BCUT2D eigenvalue weighted by atomic mass is 9.95. The molecule has 20 heavy (non-hydrogen) atoms. The van der Waals surface area contributed by atoms with Gasteiger partial charge in [-0.05, 0) is 6.42 Å². The van der Waals surface area contributed by atoms with Crippen LogP contribution in [0.15, 0.2) is 0 Å². The number of nitrogens with two attached hydrogens (primary N) is 1. The van der Waals surface area contributed by atoms with Crippen LogP contribution in [0.3, 0.4) is 0 Å². The first kappa shape index (κ1) is 16.0. The molecule has 0 radical (unpaired) electrons. The van der Waals surface area contributed by atoms with E-state index in [9.17, 15) is 21.6 Å². The van der Waals surface area contributed by atoms with E-state index in [1.54, 1.807) is 0 Å². The molecule has 2 aliphatic rings. The maximum Gasteiger partial charge on any atom is 0.401 e. The van der Waals surface area contributed by atoms with Gasteiger partial charge in [0.2, 0.25) is 0 Å². The van der Waals surface area contributed by atoms with E-state index in [2.05, 4.69) is 0 Å². The zero-order chi connectivity index (χ0) is 15.0. The third kappa shape index (κ3) is 3.63. The first-order valence-electron chi connectivity index (χ1n) is 6.60. The molecule has 2 rings (SSSR count). The van der Waals surface area contributed by atoms with E-state index in [0.717, 1.165) is 0 Å². The molecule has 0 bridgehead atoms. The van der Waals surface area contributed by atoms with Crippen LogP contribution in [0.25, 0.3) is 0 Å². The van der Waals surface area contributed by atoms with E-state index in [0.29, 0.717) is 32.6 Å². The maximum atomic E-state index is 12.3. The van der Waals surface area contributed by atoms with E-state index >= 15 is 0 Å². The van der Waals surface area contributed by atoms with Gasteiger partial charge >= 0.3 is 6.18 Å². The van der Waals surface area contributed by atoms with E-state index in [4.69, 9.17) is 5.73 Å². The van der Waals surface area contributed by atoms with Gasteiger partial charge in [-0.25, -0.2) is 8.42 Å². The van der Waals surface area contributed by atoms with Gasteiger partial charge in [-0.2, -0.15) is 13.2 Å². The fourth-order valence-corrected chi connectivity index (χ4v) is 5.17. The van der Waals surface area contributed by atoms with Gasteiger partial charge in [-0.1, -0.05) is 0 Å². The molecule has 1 unspecified atom stereocenters. The molecule has 0 aliphatic carbocycles. The zero-order valence-corrected chi connectivity index (χ0v) is 12.0. The highest BCUT2D eigenvalue weighted by Crippen LogP contribution is 2.30. The highest BCUT2D eigenvalue weighted by atomic mass is 32.2. The summed E-state index contributed by atoms with van der Waals surface area (Å²) in [5.41, 5.74) is 5.18. The number of alkyl halides is 3. The lowest BCUT2D eigenvalue weighted by Crippen LogP contribution is -2.61. The average Bonchev–Trinajstić information content (AvgIpc) is 2.65. The van der Waals surface area contributed by atoms with E-state index < -0.39 is 28.1 Å². The number of nitrogens with zero attached hydrogens (tertiary/aromatic N) is 2. The van der Waals surface area contributed by atoms with Crippen molar-refractivity contribution in [2.24, 2.45) is 5.73 Å². The predicted molar refractivity (Wildman–Crippen MR) is 69.1 cm³/mol. The summed E-state index contributed by atoms with van der Waals surface area (Å²) in [6.07, 6.45) is -3.71. The summed E-state index contributed by atoms with van der Waals surface area (Å²) >= 11 is 0. The second-order valence-electron chi connectivity index (χ2n) is 5.65. The van der Waals surface area contributed by atoms with Gasteiger partial charge in [0.05, 0.1) is 18.1 Å². The quantitative estimate of drug-likeness (QED) is 0.773. The summed E-state index contributed by atoms with van der Waals surface area (Å²) in [5, 5.41) is 0. The van der Waals surface area contributed by atoms with Crippen LogP contribution in [0, 0.1) is 0 Å². The minimum atomic E-state index is -4.19. The average molecular weight is 315 g/mol.